The van der Waals surface area contributed by atoms with Gasteiger partial charge in [0.05, 0.1) is 6.61 Å². The van der Waals surface area contributed by atoms with Gasteiger partial charge in [0, 0.05) is 32.8 Å². The summed E-state index contributed by atoms with van der Waals surface area (Å²) in [6.45, 7) is 7.70. The van der Waals surface area contributed by atoms with Crippen LogP contribution in [-0.2, 0) is 17.9 Å². The van der Waals surface area contributed by atoms with Crippen molar-refractivity contribution in [1.82, 2.24) is 15.5 Å². The van der Waals surface area contributed by atoms with Gasteiger partial charge >= 0.3 is 0 Å². The number of hydrogen-bond donors (Lipinski definition) is 2. The highest BCUT2D eigenvalue weighted by Gasteiger charge is 2.14. The van der Waals surface area contributed by atoms with Gasteiger partial charge in [0.1, 0.15) is 5.82 Å². The Kier molecular flexibility index (Phi) is 11.9. The third-order valence-corrected chi connectivity index (χ3v) is 4.91. The number of methoxy groups -OCH3 is 1. The highest BCUT2D eigenvalue weighted by atomic mass is 127. The fourth-order valence-electron chi connectivity index (χ4n) is 3.21. The zero-order chi connectivity index (χ0) is 18.8. The summed E-state index contributed by atoms with van der Waals surface area (Å²) >= 11 is 0. The molecule has 1 heterocycles. The molecule has 0 radical (unpaired) electrons. The Labute approximate surface area is 180 Å². The SMILES string of the molecule is CN=C(NCCCN1CCC(C)CC1)NCc1ccc(F)c(COC)c1.I. The molecule has 0 unspecified atom stereocenters. The number of hydrogen-bond acceptors (Lipinski definition) is 3. The summed E-state index contributed by atoms with van der Waals surface area (Å²) < 4.78 is 18.7. The lowest BCUT2D eigenvalue weighted by atomic mass is 9.99. The Morgan fingerprint density at radius 3 is 2.70 bits per heavy atom. The average Bonchev–Trinajstić information content (AvgIpc) is 2.65. The normalized spacial score (nSPS) is 16.1. The van der Waals surface area contributed by atoms with Crippen LogP contribution < -0.4 is 10.6 Å². The molecule has 1 fully saturated rings. The molecule has 1 saturated heterocycles. The number of piperidine rings is 1. The molecular weight excluding hydrogens is 458 g/mol. The van der Waals surface area contributed by atoms with Crippen LogP contribution in [0.3, 0.4) is 0 Å². The predicted octanol–water partition coefficient (Wildman–Crippen LogP) is 3.38. The molecule has 0 spiro atoms. The third-order valence-electron chi connectivity index (χ3n) is 4.91. The number of nitrogens with zero attached hydrogens (tertiary/aromatic N) is 2. The molecule has 0 saturated carbocycles. The van der Waals surface area contributed by atoms with E-state index < -0.39 is 0 Å². The van der Waals surface area contributed by atoms with E-state index in [1.165, 1.54) is 32.0 Å². The van der Waals surface area contributed by atoms with E-state index in [9.17, 15) is 4.39 Å². The van der Waals surface area contributed by atoms with Crippen molar-refractivity contribution in [3.05, 3.63) is 35.1 Å². The van der Waals surface area contributed by atoms with Gasteiger partial charge in [-0.1, -0.05) is 13.0 Å². The maximum Gasteiger partial charge on any atom is 0.191 e. The summed E-state index contributed by atoms with van der Waals surface area (Å²) in [4.78, 5) is 6.81. The first-order valence-electron chi connectivity index (χ1n) is 9.55. The summed E-state index contributed by atoms with van der Waals surface area (Å²) in [6, 6.07) is 5.10. The van der Waals surface area contributed by atoms with Crippen molar-refractivity contribution in [2.45, 2.75) is 39.3 Å². The summed E-state index contributed by atoms with van der Waals surface area (Å²) in [6.07, 6.45) is 3.74. The van der Waals surface area contributed by atoms with Gasteiger partial charge in [-0.05, 0) is 62.5 Å². The lowest BCUT2D eigenvalue weighted by Gasteiger charge is -2.30. The van der Waals surface area contributed by atoms with Crippen LogP contribution in [0.25, 0.3) is 0 Å². The van der Waals surface area contributed by atoms with E-state index in [1.54, 1.807) is 20.2 Å². The number of ether oxygens (including phenoxy) is 1. The van der Waals surface area contributed by atoms with Crippen LogP contribution in [0.2, 0.25) is 0 Å². The van der Waals surface area contributed by atoms with Gasteiger partial charge in [-0.25, -0.2) is 4.39 Å². The average molecular weight is 492 g/mol. The van der Waals surface area contributed by atoms with Crippen LogP contribution in [0.15, 0.2) is 23.2 Å². The van der Waals surface area contributed by atoms with E-state index in [4.69, 9.17) is 4.74 Å². The molecule has 0 aromatic heterocycles. The fraction of sp³-hybridized carbons (Fsp3) is 0.650. The number of halogens is 2. The van der Waals surface area contributed by atoms with Gasteiger partial charge in [-0.2, -0.15) is 0 Å². The molecule has 27 heavy (non-hydrogen) atoms. The summed E-state index contributed by atoms with van der Waals surface area (Å²) in [7, 11) is 3.34. The highest BCUT2D eigenvalue weighted by Crippen LogP contribution is 2.15. The van der Waals surface area contributed by atoms with Gasteiger partial charge in [-0.3, -0.25) is 4.99 Å². The van der Waals surface area contributed by atoms with Crippen LogP contribution in [0.5, 0.6) is 0 Å². The molecule has 5 nitrogen and oxygen atoms in total. The molecule has 1 aromatic carbocycles. The van der Waals surface area contributed by atoms with E-state index in [-0.39, 0.29) is 36.4 Å². The summed E-state index contributed by atoms with van der Waals surface area (Å²) in [5.41, 5.74) is 1.58. The standard InChI is InChI=1S/C20H33FN4O.HI/c1-16-7-11-25(12-8-16)10-4-9-23-20(22-2)24-14-17-5-6-19(21)18(13-17)15-26-3;/h5-6,13,16H,4,7-12,14-15H2,1-3H3,(H2,22,23,24);1H. The Morgan fingerprint density at radius 1 is 1.30 bits per heavy atom. The van der Waals surface area contributed by atoms with Gasteiger partial charge in [0.2, 0.25) is 0 Å². The molecule has 154 valence electrons. The Morgan fingerprint density at radius 2 is 2.04 bits per heavy atom. The lowest BCUT2D eigenvalue weighted by Crippen LogP contribution is -2.39. The van der Waals surface area contributed by atoms with E-state index >= 15 is 0 Å². The maximum atomic E-state index is 13.7. The van der Waals surface area contributed by atoms with E-state index in [2.05, 4.69) is 27.4 Å². The van der Waals surface area contributed by atoms with Crippen LogP contribution in [-0.4, -0.2) is 51.2 Å². The van der Waals surface area contributed by atoms with Crippen molar-refractivity contribution < 1.29 is 9.13 Å². The molecule has 1 aromatic rings. The molecule has 2 rings (SSSR count). The highest BCUT2D eigenvalue weighted by molar-refractivity contribution is 14.0. The Hall–Kier alpha value is -0.930. The second-order valence-electron chi connectivity index (χ2n) is 7.09. The first-order valence-corrected chi connectivity index (χ1v) is 9.55. The first-order chi connectivity index (χ1) is 12.6. The summed E-state index contributed by atoms with van der Waals surface area (Å²) in [5, 5.41) is 6.63. The van der Waals surface area contributed by atoms with E-state index in [1.807, 2.05) is 6.07 Å². The van der Waals surface area contributed by atoms with Gasteiger partial charge in [-0.15, -0.1) is 24.0 Å². The molecule has 1 aliphatic heterocycles. The Balaban J connectivity index is 0.00000364. The van der Waals surface area contributed by atoms with E-state index in [0.29, 0.717) is 12.1 Å². The number of nitrogens with one attached hydrogen (secondary N) is 2. The Bertz CT molecular complexity index is 577. The maximum absolute atomic E-state index is 13.7. The molecule has 0 amide bonds. The smallest absolute Gasteiger partial charge is 0.191 e. The van der Waals surface area contributed by atoms with Gasteiger partial charge < -0.3 is 20.3 Å². The molecular formula is C20H34FIN4O. The van der Waals surface area contributed by atoms with Crippen molar-refractivity contribution in [3.63, 3.8) is 0 Å². The minimum atomic E-state index is -0.231. The lowest BCUT2D eigenvalue weighted by molar-refractivity contribution is 0.181. The second kappa shape index (κ2) is 13.3. The molecule has 2 N–H and O–H groups in total. The predicted molar refractivity (Wildman–Crippen MR) is 120 cm³/mol. The van der Waals surface area contributed by atoms with Crippen molar-refractivity contribution in [2.24, 2.45) is 10.9 Å². The van der Waals surface area contributed by atoms with Crippen LogP contribution in [0, 0.1) is 11.7 Å². The topological polar surface area (TPSA) is 48.9 Å². The van der Waals surface area contributed by atoms with Crippen LogP contribution in [0.4, 0.5) is 4.39 Å². The van der Waals surface area contributed by atoms with Crippen molar-refractivity contribution in [1.29, 1.82) is 0 Å². The van der Waals surface area contributed by atoms with Gasteiger partial charge in [0.15, 0.2) is 5.96 Å². The second-order valence-corrected chi connectivity index (χ2v) is 7.09. The zero-order valence-electron chi connectivity index (χ0n) is 16.8. The number of guanidine groups is 1. The molecule has 7 heteroatoms. The number of aliphatic imine (C=N–C) groups is 1. The van der Waals surface area contributed by atoms with Crippen LogP contribution >= 0.6 is 24.0 Å². The number of likely N-dealkylation sites (tertiary alicyclic amines) is 1. The minimum absolute atomic E-state index is 0. The quantitative estimate of drug-likeness (QED) is 0.253. The zero-order valence-corrected chi connectivity index (χ0v) is 19.1. The monoisotopic (exact) mass is 492 g/mol. The largest absolute Gasteiger partial charge is 0.380 e. The van der Waals surface area contributed by atoms with Crippen molar-refractivity contribution in [2.75, 3.05) is 40.3 Å². The minimum Gasteiger partial charge on any atom is -0.380 e. The first kappa shape index (κ1) is 24.1. The third kappa shape index (κ3) is 8.74. The molecule has 0 atom stereocenters. The van der Waals surface area contributed by atoms with Crippen LogP contribution in [0.1, 0.15) is 37.3 Å². The number of rotatable bonds is 8. The molecule has 1 aliphatic rings. The van der Waals surface area contributed by atoms with E-state index in [0.717, 1.165) is 37.0 Å². The number of benzene rings is 1. The van der Waals surface area contributed by atoms with Crippen molar-refractivity contribution >= 4 is 29.9 Å². The fourth-order valence-corrected chi connectivity index (χ4v) is 3.21. The molecule has 0 bridgehead atoms. The van der Waals surface area contributed by atoms with Crippen molar-refractivity contribution in [3.8, 4) is 0 Å². The molecule has 0 aliphatic carbocycles. The van der Waals surface area contributed by atoms with Gasteiger partial charge in [0.25, 0.3) is 0 Å². The summed E-state index contributed by atoms with van der Waals surface area (Å²) in [5.74, 6) is 1.42.